The summed E-state index contributed by atoms with van der Waals surface area (Å²) in [4.78, 5) is 12.4. The van der Waals surface area contributed by atoms with Gasteiger partial charge in [0, 0.05) is 18.2 Å². The summed E-state index contributed by atoms with van der Waals surface area (Å²) in [7, 11) is -1.77. The van der Waals surface area contributed by atoms with Crippen molar-refractivity contribution in [1.82, 2.24) is 0 Å². The Morgan fingerprint density at radius 1 is 1.16 bits per heavy atom. The number of nitrogens with one attached hydrogen (secondary N) is 1. The van der Waals surface area contributed by atoms with Gasteiger partial charge in [0.25, 0.3) is 5.91 Å². The van der Waals surface area contributed by atoms with E-state index in [1.54, 1.807) is 30.3 Å². The van der Waals surface area contributed by atoms with E-state index in [0.29, 0.717) is 35.7 Å². The van der Waals surface area contributed by atoms with E-state index in [2.05, 4.69) is 5.32 Å². The Bertz CT molecular complexity index is 892. The third-order valence-corrected chi connectivity index (χ3v) is 6.00. The SMILES string of the molecule is COc1cc(N2CCCS2(=O)=O)ccc1NC(=O)c1ccc(C)cc1. The number of sulfonamides is 1. The molecule has 7 heteroatoms. The first-order valence-electron chi connectivity index (χ1n) is 7.97. The van der Waals surface area contributed by atoms with Crippen LogP contribution in [0.1, 0.15) is 22.3 Å². The van der Waals surface area contributed by atoms with Gasteiger partial charge in [0.2, 0.25) is 10.0 Å². The van der Waals surface area contributed by atoms with Gasteiger partial charge in [-0.3, -0.25) is 9.10 Å². The third-order valence-electron chi connectivity index (χ3n) is 4.13. The number of benzene rings is 2. The van der Waals surface area contributed by atoms with Crippen LogP contribution in [-0.2, 0) is 10.0 Å². The molecule has 0 atom stereocenters. The monoisotopic (exact) mass is 360 g/mol. The largest absolute Gasteiger partial charge is 0.494 e. The van der Waals surface area contributed by atoms with Crippen molar-refractivity contribution in [3.63, 3.8) is 0 Å². The fraction of sp³-hybridized carbons (Fsp3) is 0.278. The molecule has 2 aromatic carbocycles. The fourth-order valence-electron chi connectivity index (χ4n) is 2.77. The van der Waals surface area contributed by atoms with Gasteiger partial charge >= 0.3 is 0 Å². The molecule has 1 amide bonds. The van der Waals surface area contributed by atoms with Crippen molar-refractivity contribution in [3.05, 3.63) is 53.6 Å². The molecule has 0 unspecified atom stereocenters. The second kappa shape index (κ2) is 6.76. The molecule has 0 radical (unpaired) electrons. The van der Waals surface area contributed by atoms with Crippen molar-refractivity contribution >= 4 is 27.3 Å². The lowest BCUT2D eigenvalue weighted by Gasteiger charge is -2.19. The molecule has 0 spiro atoms. The molecule has 132 valence electrons. The van der Waals surface area contributed by atoms with Crippen LogP contribution >= 0.6 is 0 Å². The van der Waals surface area contributed by atoms with Gasteiger partial charge in [-0.2, -0.15) is 0 Å². The molecule has 1 aliphatic rings. The minimum Gasteiger partial charge on any atom is -0.494 e. The van der Waals surface area contributed by atoms with E-state index in [0.717, 1.165) is 5.56 Å². The van der Waals surface area contributed by atoms with Crippen LogP contribution in [-0.4, -0.2) is 33.7 Å². The lowest BCUT2D eigenvalue weighted by atomic mass is 10.1. The molecule has 3 rings (SSSR count). The predicted octanol–water partition coefficient (Wildman–Crippen LogP) is 2.80. The predicted molar refractivity (Wildman–Crippen MR) is 97.9 cm³/mol. The van der Waals surface area contributed by atoms with Crippen molar-refractivity contribution in [1.29, 1.82) is 0 Å². The smallest absolute Gasteiger partial charge is 0.255 e. The minimum absolute atomic E-state index is 0.154. The van der Waals surface area contributed by atoms with Crippen LogP contribution in [0.15, 0.2) is 42.5 Å². The second-order valence-electron chi connectivity index (χ2n) is 5.95. The summed E-state index contributed by atoms with van der Waals surface area (Å²) < 4.78 is 30.8. The van der Waals surface area contributed by atoms with Crippen LogP contribution in [0.5, 0.6) is 5.75 Å². The molecule has 1 N–H and O–H groups in total. The zero-order chi connectivity index (χ0) is 18.0. The molecule has 1 fully saturated rings. The third kappa shape index (κ3) is 3.61. The molecular formula is C18H20N2O4S. The van der Waals surface area contributed by atoms with E-state index < -0.39 is 10.0 Å². The average Bonchev–Trinajstić information content (AvgIpc) is 2.95. The van der Waals surface area contributed by atoms with E-state index in [4.69, 9.17) is 4.74 Å². The first-order valence-corrected chi connectivity index (χ1v) is 9.58. The number of anilines is 2. The summed E-state index contributed by atoms with van der Waals surface area (Å²) in [5.41, 5.74) is 2.65. The number of methoxy groups -OCH3 is 1. The number of amides is 1. The van der Waals surface area contributed by atoms with Crippen LogP contribution in [0.4, 0.5) is 11.4 Å². The van der Waals surface area contributed by atoms with Crippen LogP contribution in [0, 0.1) is 6.92 Å². The van der Waals surface area contributed by atoms with Gasteiger partial charge in [-0.1, -0.05) is 17.7 Å². The average molecular weight is 360 g/mol. The number of aryl methyl sites for hydroxylation is 1. The van der Waals surface area contributed by atoms with Gasteiger partial charge in [-0.25, -0.2) is 8.42 Å². The van der Waals surface area contributed by atoms with Crippen molar-refractivity contribution < 1.29 is 17.9 Å². The highest BCUT2D eigenvalue weighted by molar-refractivity contribution is 7.93. The molecule has 0 aliphatic carbocycles. The Labute approximate surface area is 147 Å². The number of nitrogens with zero attached hydrogens (tertiary/aromatic N) is 1. The van der Waals surface area contributed by atoms with E-state index >= 15 is 0 Å². The van der Waals surface area contributed by atoms with Gasteiger partial charge in [-0.05, 0) is 37.6 Å². The first-order chi connectivity index (χ1) is 11.9. The summed E-state index contributed by atoms with van der Waals surface area (Å²) in [6.07, 6.45) is 0.608. The molecule has 0 saturated carbocycles. The van der Waals surface area contributed by atoms with E-state index in [-0.39, 0.29) is 11.7 Å². The summed E-state index contributed by atoms with van der Waals surface area (Å²) in [6.45, 7) is 2.41. The molecule has 1 heterocycles. The van der Waals surface area contributed by atoms with Gasteiger partial charge in [0.15, 0.2) is 0 Å². The summed E-state index contributed by atoms with van der Waals surface area (Å²) in [6, 6.07) is 12.2. The van der Waals surface area contributed by atoms with Gasteiger partial charge in [0.05, 0.1) is 24.2 Å². The van der Waals surface area contributed by atoms with Crippen molar-refractivity contribution in [2.24, 2.45) is 0 Å². The van der Waals surface area contributed by atoms with E-state index in [1.165, 1.54) is 11.4 Å². The summed E-state index contributed by atoms with van der Waals surface area (Å²) in [5.74, 6) is 0.321. The Kier molecular flexibility index (Phi) is 4.67. The highest BCUT2D eigenvalue weighted by Crippen LogP contribution is 2.33. The fourth-order valence-corrected chi connectivity index (χ4v) is 4.32. The second-order valence-corrected chi connectivity index (χ2v) is 7.96. The highest BCUT2D eigenvalue weighted by Gasteiger charge is 2.29. The molecule has 0 aromatic heterocycles. The van der Waals surface area contributed by atoms with Crippen molar-refractivity contribution in [3.8, 4) is 5.75 Å². The molecule has 6 nitrogen and oxygen atoms in total. The zero-order valence-electron chi connectivity index (χ0n) is 14.2. The Balaban J connectivity index is 1.85. The van der Waals surface area contributed by atoms with Crippen LogP contribution in [0.3, 0.4) is 0 Å². The number of hydrogen-bond donors (Lipinski definition) is 1. The van der Waals surface area contributed by atoms with Crippen molar-refractivity contribution in [2.45, 2.75) is 13.3 Å². The quantitative estimate of drug-likeness (QED) is 0.910. The van der Waals surface area contributed by atoms with Crippen LogP contribution in [0.25, 0.3) is 0 Å². The number of ether oxygens (including phenoxy) is 1. The summed E-state index contributed by atoms with van der Waals surface area (Å²) in [5, 5.41) is 2.80. The summed E-state index contributed by atoms with van der Waals surface area (Å²) >= 11 is 0. The van der Waals surface area contributed by atoms with Gasteiger partial charge in [-0.15, -0.1) is 0 Å². The Morgan fingerprint density at radius 3 is 2.48 bits per heavy atom. The molecule has 1 aliphatic heterocycles. The number of carbonyl (C=O) groups excluding carboxylic acids is 1. The maximum absolute atomic E-state index is 12.4. The van der Waals surface area contributed by atoms with Crippen LogP contribution in [0.2, 0.25) is 0 Å². The van der Waals surface area contributed by atoms with E-state index in [1.807, 2.05) is 19.1 Å². The van der Waals surface area contributed by atoms with Gasteiger partial charge in [0.1, 0.15) is 5.75 Å². The maximum atomic E-state index is 12.4. The number of rotatable bonds is 4. The molecule has 0 bridgehead atoms. The Morgan fingerprint density at radius 2 is 1.88 bits per heavy atom. The number of carbonyl (C=O) groups is 1. The Hall–Kier alpha value is -2.54. The molecular weight excluding hydrogens is 340 g/mol. The van der Waals surface area contributed by atoms with Crippen molar-refractivity contribution in [2.75, 3.05) is 29.0 Å². The van der Waals surface area contributed by atoms with E-state index in [9.17, 15) is 13.2 Å². The molecule has 2 aromatic rings. The first kappa shape index (κ1) is 17.3. The number of hydrogen-bond acceptors (Lipinski definition) is 4. The maximum Gasteiger partial charge on any atom is 0.255 e. The standard InChI is InChI=1S/C18H20N2O4S/c1-13-4-6-14(7-5-13)18(21)19-16-9-8-15(12-17(16)24-2)20-10-3-11-25(20,22)23/h4-9,12H,3,10-11H2,1-2H3,(H,19,21). The lowest BCUT2D eigenvalue weighted by molar-refractivity contribution is 0.102. The normalized spacial score (nSPS) is 15.8. The van der Waals surface area contributed by atoms with Crippen LogP contribution < -0.4 is 14.4 Å². The minimum atomic E-state index is -3.26. The van der Waals surface area contributed by atoms with Gasteiger partial charge < -0.3 is 10.1 Å². The molecule has 1 saturated heterocycles. The topological polar surface area (TPSA) is 75.7 Å². The molecule has 25 heavy (non-hydrogen) atoms. The lowest BCUT2D eigenvalue weighted by Crippen LogP contribution is -2.25. The highest BCUT2D eigenvalue weighted by atomic mass is 32.2. The zero-order valence-corrected chi connectivity index (χ0v) is 15.0.